The Hall–Kier alpha value is -0.190. The number of hydrogen-bond donors (Lipinski definition) is 0. The average Bonchev–Trinajstić information content (AvgIpc) is 2.26. The fourth-order valence-electron chi connectivity index (χ4n) is 2.25. The van der Waals surface area contributed by atoms with E-state index in [2.05, 4.69) is 25.8 Å². The van der Waals surface area contributed by atoms with Crippen LogP contribution in [0.2, 0.25) is 0 Å². The molecular formula is C13H27FN2O. The molecule has 17 heavy (non-hydrogen) atoms. The van der Waals surface area contributed by atoms with Gasteiger partial charge in [-0.05, 0) is 31.7 Å². The zero-order chi connectivity index (χ0) is 12.7. The van der Waals surface area contributed by atoms with Crippen LogP contribution in [0.5, 0.6) is 0 Å². The number of ether oxygens (including phenoxy) is 1. The van der Waals surface area contributed by atoms with Crippen LogP contribution in [0.4, 0.5) is 4.48 Å². The molecule has 0 bridgehead atoms. The molecule has 0 aromatic rings. The lowest BCUT2D eigenvalue weighted by Crippen LogP contribution is -2.31. The standard InChI is InChI=1S/C13H27FN2O/c1-12(2)10-15(3)8-9-17-11-13-4-6-16(14)7-5-13/h12-13H,4-11H2,1-3H3. The molecule has 1 saturated heterocycles. The van der Waals surface area contributed by atoms with Gasteiger partial charge in [0.15, 0.2) is 0 Å². The molecule has 1 fully saturated rings. The average molecular weight is 246 g/mol. The highest BCUT2D eigenvalue weighted by molar-refractivity contribution is 4.67. The van der Waals surface area contributed by atoms with Gasteiger partial charge in [0.25, 0.3) is 0 Å². The van der Waals surface area contributed by atoms with Crippen LogP contribution in [0.25, 0.3) is 0 Å². The molecule has 1 aliphatic rings. The summed E-state index contributed by atoms with van der Waals surface area (Å²) in [4.78, 5) is 2.30. The van der Waals surface area contributed by atoms with Gasteiger partial charge in [-0.2, -0.15) is 0 Å². The maximum absolute atomic E-state index is 12.8. The molecule has 0 saturated carbocycles. The highest BCUT2D eigenvalue weighted by Gasteiger charge is 2.18. The van der Waals surface area contributed by atoms with Gasteiger partial charge in [-0.1, -0.05) is 13.8 Å². The van der Waals surface area contributed by atoms with Crippen LogP contribution in [-0.4, -0.2) is 56.5 Å². The Morgan fingerprint density at radius 3 is 2.59 bits per heavy atom. The molecule has 0 unspecified atom stereocenters. The lowest BCUT2D eigenvalue weighted by atomic mass is 9.99. The Labute approximate surface area is 105 Å². The fraction of sp³-hybridized carbons (Fsp3) is 1.00. The topological polar surface area (TPSA) is 15.7 Å². The second kappa shape index (κ2) is 8.01. The molecule has 4 heteroatoms. The van der Waals surface area contributed by atoms with E-state index in [4.69, 9.17) is 4.74 Å². The minimum Gasteiger partial charge on any atom is -0.380 e. The van der Waals surface area contributed by atoms with Crippen molar-refractivity contribution in [3.05, 3.63) is 0 Å². The molecule has 1 rings (SSSR count). The molecule has 1 aliphatic heterocycles. The second-order valence-corrected chi connectivity index (χ2v) is 5.58. The third-order valence-corrected chi connectivity index (χ3v) is 3.21. The number of nitrogens with zero attached hydrogens (tertiary/aromatic N) is 2. The summed E-state index contributed by atoms with van der Waals surface area (Å²) < 4.78 is 18.4. The van der Waals surface area contributed by atoms with Crippen LogP contribution >= 0.6 is 0 Å². The van der Waals surface area contributed by atoms with Crippen LogP contribution in [0.3, 0.4) is 0 Å². The highest BCUT2D eigenvalue weighted by atomic mass is 19.2. The van der Waals surface area contributed by atoms with Crippen molar-refractivity contribution >= 4 is 0 Å². The van der Waals surface area contributed by atoms with Crippen LogP contribution in [0.15, 0.2) is 0 Å². The molecule has 0 amide bonds. The molecule has 102 valence electrons. The molecule has 0 radical (unpaired) electrons. The predicted molar refractivity (Wildman–Crippen MR) is 68.6 cm³/mol. The van der Waals surface area contributed by atoms with Crippen LogP contribution in [-0.2, 0) is 4.74 Å². The Balaban J connectivity index is 1.97. The third kappa shape index (κ3) is 6.96. The first-order chi connectivity index (χ1) is 8.08. The van der Waals surface area contributed by atoms with Crippen molar-refractivity contribution in [2.75, 3.05) is 46.4 Å². The van der Waals surface area contributed by atoms with E-state index in [-0.39, 0.29) is 0 Å². The highest BCUT2D eigenvalue weighted by Crippen LogP contribution is 2.17. The van der Waals surface area contributed by atoms with Gasteiger partial charge in [-0.3, -0.25) is 0 Å². The van der Waals surface area contributed by atoms with Gasteiger partial charge in [-0.25, -0.2) is 0 Å². The van der Waals surface area contributed by atoms with Gasteiger partial charge in [0, 0.05) is 32.8 Å². The quantitative estimate of drug-likeness (QED) is 0.506. The molecular weight excluding hydrogens is 219 g/mol. The van der Waals surface area contributed by atoms with E-state index in [0.717, 1.165) is 44.3 Å². The van der Waals surface area contributed by atoms with Crippen molar-refractivity contribution in [1.29, 1.82) is 0 Å². The monoisotopic (exact) mass is 246 g/mol. The normalized spacial score (nSPS) is 19.4. The summed E-state index contributed by atoms with van der Waals surface area (Å²) in [6.07, 6.45) is 1.86. The number of piperidine rings is 1. The number of rotatable bonds is 7. The van der Waals surface area contributed by atoms with Crippen molar-refractivity contribution in [3.8, 4) is 0 Å². The van der Waals surface area contributed by atoms with E-state index in [1.165, 1.54) is 0 Å². The maximum atomic E-state index is 12.8. The minimum absolute atomic E-state index is 0.553. The summed E-state index contributed by atoms with van der Waals surface area (Å²) in [5, 5.41) is 0.910. The van der Waals surface area contributed by atoms with Crippen molar-refractivity contribution < 1.29 is 9.22 Å². The zero-order valence-electron chi connectivity index (χ0n) is 11.5. The van der Waals surface area contributed by atoms with Crippen LogP contribution in [0, 0.1) is 11.8 Å². The van der Waals surface area contributed by atoms with Crippen molar-refractivity contribution in [2.24, 2.45) is 11.8 Å². The van der Waals surface area contributed by atoms with E-state index in [9.17, 15) is 4.48 Å². The number of likely N-dealkylation sites (N-methyl/N-ethyl adjacent to an activating group) is 1. The van der Waals surface area contributed by atoms with Crippen LogP contribution in [0.1, 0.15) is 26.7 Å². The van der Waals surface area contributed by atoms with Gasteiger partial charge < -0.3 is 9.64 Å². The molecule has 0 atom stereocenters. The van der Waals surface area contributed by atoms with E-state index in [0.29, 0.717) is 24.9 Å². The Morgan fingerprint density at radius 1 is 1.35 bits per heavy atom. The Kier molecular flexibility index (Phi) is 7.00. The summed E-state index contributed by atoms with van der Waals surface area (Å²) in [6.45, 7) is 9.28. The van der Waals surface area contributed by atoms with Gasteiger partial charge in [-0.15, -0.1) is 9.60 Å². The van der Waals surface area contributed by atoms with Gasteiger partial charge in [0.05, 0.1) is 6.61 Å². The third-order valence-electron chi connectivity index (χ3n) is 3.21. The van der Waals surface area contributed by atoms with Crippen LogP contribution < -0.4 is 0 Å². The van der Waals surface area contributed by atoms with E-state index >= 15 is 0 Å². The first-order valence-corrected chi connectivity index (χ1v) is 6.75. The smallest absolute Gasteiger partial charge is 0.0593 e. The van der Waals surface area contributed by atoms with Crippen molar-refractivity contribution in [2.45, 2.75) is 26.7 Å². The summed E-state index contributed by atoms with van der Waals surface area (Å²) in [5.41, 5.74) is 0. The van der Waals surface area contributed by atoms with E-state index < -0.39 is 0 Å². The van der Waals surface area contributed by atoms with Crippen molar-refractivity contribution in [1.82, 2.24) is 10.0 Å². The summed E-state index contributed by atoms with van der Waals surface area (Å²) in [7, 11) is 2.13. The lowest BCUT2D eigenvalue weighted by molar-refractivity contribution is -0.0258. The molecule has 1 heterocycles. The lowest BCUT2D eigenvalue weighted by Gasteiger charge is -2.26. The Bertz CT molecular complexity index is 194. The largest absolute Gasteiger partial charge is 0.380 e. The first-order valence-electron chi connectivity index (χ1n) is 6.75. The van der Waals surface area contributed by atoms with Gasteiger partial charge in [0.1, 0.15) is 0 Å². The minimum atomic E-state index is 0.553. The second-order valence-electron chi connectivity index (χ2n) is 5.58. The maximum Gasteiger partial charge on any atom is 0.0593 e. The summed E-state index contributed by atoms with van der Waals surface area (Å²) in [6, 6.07) is 0. The summed E-state index contributed by atoms with van der Waals surface area (Å²) >= 11 is 0. The molecule has 0 spiro atoms. The molecule has 0 N–H and O–H groups in total. The van der Waals surface area contributed by atoms with Gasteiger partial charge in [0.2, 0.25) is 0 Å². The van der Waals surface area contributed by atoms with E-state index in [1.807, 2.05) is 0 Å². The molecule has 0 aliphatic carbocycles. The first kappa shape index (κ1) is 14.9. The fourth-order valence-corrected chi connectivity index (χ4v) is 2.25. The zero-order valence-corrected chi connectivity index (χ0v) is 11.5. The summed E-state index contributed by atoms with van der Waals surface area (Å²) in [5.74, 6) is 1.26. The van der Waals surface area contributed by atoms with Gasteiger partial charge >= 0.3 is 0 Å². The van der Waals surface area contributed by atoms with E-state index in [1.54, 1.807) is 0 Å². The SMILES string of the molecule is CC(C)CN(C)CCOCC1CCN(F)CC1. The number of hydrogen-bond acceptors (Lipinski definition) is 3. The molecule has 0 aromatic carbocycles. The molecule has 3 nitrogen and oxygen atoms in total. The molecule has 0 aromatic heterocycles. The Morgan fingerprint density at radius 2 is 2.00 bits per heavy atom. The number of halogens is 1. The predicted octanol–water partition coefficient (Wildman–Crippen LogP) is 2.19. The van der Waals surface area contributed by atoms with Crippen molar-refractivity contribution in [3.63, 3.8) is 0 Å².